The highest BCUT2D eigenvalue weighted by Crippen LogP contribution is 2.18. The van der Waals surface area contributed by atoms with E-state index in [1.807, 2.05) is 31.2 Å². The first-order valence-corrected chi connectivity index (χ1v) is 8.56. The Balaban J connectivity index is 1.80. The van der Waals surface area contributed by atoms with Gasteiger partial charge in [-0.25, -0.2) is 0 Å². The van der Waals surface area contributed by atoms with E-state index in [2.05, 4.69) is 10.1 Å². The van der Waals surface area contributed by atoms with Crippen LogP contribution in [-0.2, 0) is 0 Å². The second kappa shape index (κ2) is 6.16. The van der Waals surface area contributed by atoms with Gasteiger partial charge in [0.1, 0.15) is 0 Å². The van der Waals surface area contributed by atoms with Gasteiger partial charge >= 0.3 is 0 Å². The van der Waals surface area contributed by atoms with Crippen LogP contribution in [0.5, 0.6) is 0 Å². The summed E-state index contributed by atoms with van der Waals surface area (Å²) in [6, 6.07) is 13.9. The van der Waals surface area contributed by atoms with Crippen LogP contribution in [0, 0.1) is 17.0 Å². The largest absolute Gasteiger partial charge is 0.291 e. The lowest BCUT2D eigenvalue weighted by atomic mass is 10.1. The number of benzene rings is 2. The van der Waals surface area contributed by atoms with Crippen molar-refractivity contribution in [3.63, 3.8) is 0 Å². The number of fused-ring (bicyclic) bond motifs is 1. The van der Waals surface area contributed by atoms with Crippen molar-refractivity contribution in [2.24, 2.45) is 0 Å². The number of aromatic nitrogens is 3. The molecule has 0 unspecified atom stereocenters. The van der Waals surface area contributed by atoms with Crippen molar-refractivity contribution in [3.8, 4) is 11.4 Å². The molecular weight excluding hydrogens is 352 g/mol. The average molecular weight is 364 g/mol. The summed E-state index contributed by atoms with van der Waals surface area (Å²) in [4.78, 5) is 27.9. The van der Waals surface area contributed by atoms with Crippen molar-refractivity contribution in [1.29, 1.82) is 0 Å². The Morgan fingerprint density at radius 2 is 2.00 bits per heavy atom. The van der Waals surface area contributed by atoms with Gasteiger partial charge in [0.15, 0.2) is 5.82 Å². The fraction of sp³-hybridized carbons (Fsp3) is 0.0556. The highest BCUT2D eigenvalue weighted by atomic mass is 32.1. The van der Waals surface area contributed by atoms with Crippen molar-refractivity contribution in [2.75, 3.05) is 0 Å². The molecule has 0 aliphatic carbocycles. The number of nitrogens with zero attached hydrogens (tertiary/aromatic N) is 4. The van der Waals surface area contributed by atoms with E-state index in [-0.39, 0.29) is 11.2 Å². The molecule has 0 atom stereocenters. The standard InChI is InChI=1S/C18H12N4O3S/c1-11-4-2-6-13(8-11)16-19-18-21(20-16)17(23)15(26-18)10-12-5-3-7-14(9-12)22(24)25/h2-10H,1H3. The van der Waals surface area contributed by atoms with E-state index in [0.29, 0.717) is 20.9 Å². The van der Waals surface area contributed by atoms with E-state index >= 15 is 0 Å². The van der Waals surface area contributed by atoms with Crippen molar-refractivity contribution < 1.29 is 4.92 Å². The van der Waals surface area contributed by atoms with Crippen LogP contribution in [0.4, 0.5) is 5.69 Å². The monoisotopic (exact) mass is 364 g/mol. The fourth-order valence-electron chi connectivity index (χ4n) is 2.62. The maximum absolute atomic E-state index is 12.6. The maximum atomic E-state index is 12.6. The van der Waals surface area contributed by atoms with Gasteiger partial charge in [-0.15, -0.1) is 5.10 Å². The predicted molar refractivity (Wildman–Crippen MR) is 99.2 cm³/mol. The summed E-state index contributed by atoms with van der Waals surface area (Å²) >= 11 is 1.20. The summed E-state index contributed by atoms with van der Waals surface area (Å²) in [5.41, 5.74) is 2.21. The Bertz CT molecular complexity index is 1260. The first kappa shape index (κ1) is 16.1. The molecule has 0 radical (unpaired) electrons. The Hall–Kier alpha value is -3.39. The lowest BCUT2D eigenvalue weighted by Gasteiger charge is -1.95. The lowest BCUT2D eigenvalue weighted by molar-refractivity contribution is -0.384. The van der Waals surface area contributed by atoms with E-state index in [1.54, 1.807) is 18.2 Å². The van der Waals surface area contributed by atoms with E-state index in [9.17, 15) is 14.9 Å². The van der Waals surface area contributed by atoms with Gasteiger partial charge in [-0.05, 0) is 24.6 Å². The normalized spacial score (nSPS) is 12.0. The molecule has 128 valence electrons. The molecule has 0 amide bonds. The Morgan fingerprint density at radius 3 is 2.73 bits per heavy atom. The highest BCUT2D eigenvalue weighted by Gasteiger charge is 2.12. The zero-order valence-corrected chi connectivity index (χ0v) is 14.4. The third kappa shape index (κ3) is 2.86. The summed E-state index contributed by atoms with van der Waals surface area (Å²) in [5, 5.41) is 15.2. The van der Waals surface area contributed by atoms with Crippen LogP contribution in [0.1, 0.15) is 11.1 Å². The average Bonchev–Trinajstić information content (AvgIpc) is 3.15. The molecule has 0 aliphatic rings. The fourth-order valence-corrected chi connectivity index (χ4v) is 3.53. The zero-order valence-electron chi connectivity index (χ0n) is 13.6. The molecule has 4 rings (SSSR count). The van der Waals surface area contributed by atoms with Gasteiger partial charge in [-0.1, -0.05) is 47.2 Å². The predicted octanol–water partition coefficient (Wildman–Crippen LogP) is 2.58. The quantitative estimate of drug-likeness (QED) is 0.412. The van der Waals surface area contributed by atoms with Crippen LogP contribution in [-0.4, -0.2) is 19.5 Å². The van der Waals surface area contributed by atoms with E-state index in [4.69, 9.17) is 0 Å². The second-order valence-electron chi connectivity index (χ2n) is 5.77. The van der Waals surface area contributed by atoms with Gasteiger partial charge in [0.2, 0.25) is 4.96 Å². The molecule has 8 heteroatoms. The van der Waals surface area contributed by atoms with E-state index < -0.39 is 4.92 Å². The van der Waals surface area contributed by atoms with Crippen LogP contribution in [0.25, 0.3) is 22.4 Å². The summed E-state index contributed by atoms with van der Waals surface area (Å²) in [5.74, 6) is 0.499. The van der Waals surface area contributed by atoms with Gasteiger partial charge in [0.25, 0.3) is 11.2 Å². The van der Waals surface area contributed by atoms with Gasteiger partial charge in [-0.2, -0.15) is 9.50 Å². The zero-order chi connectivity index (χ0) is 18.3. The van der Waals surface area contributed by atoms with Crippen molar-refractivity contribution in [2.45, 2.75) is 6.92 Å². The molecular formula is C18H12N4O3S. The summed E-state index contributed by atoms with van der Waals surface area (Å²) in [7, 11) is 0. The van der Waals surface area contributed by atoms with Gasteiger partial charge < -0.3 is 0 Å². The molecule has 26 heavy (non-hydrogen) atoms. The highest BCUT2D eigenvalue weighted by molar-refractivity contribution is 7.15. The minimum absolute atomic E-state index is 0.0209. The van der Waals surface area contributed by atoms with Gasteiger partial charge in [-0.3, -0.25) is 14.9 Å². The van der Waals surface area contributed by atoms with Crippen molar-refractivity contribution in [3.05, 3.63) is 84.7 Å². The second-order valence-corrected chi connectivity index (χ2v) is 6.78. The molecule has 4 aromatic rings. The first-order valence-electron chi connectivity index (χ1n) is 7.74. The summed E-state index contributed by atoms with van der Waals surface area (Å²) < 4.78 is 1.70. The number of hydrogen-bond donors (Lipinski definition) is 0. The molecule has 7 nitrogen and oxygen atoms in total. The number of thiazole rings is 1. The number of nitro groups is 1. The minimum atomic E-state index is -0.466. The topological polar surface area (TPSA) is 90.4 Å². The minimum Gasteiger partial charge on any atom is -0.266 e. The number of non-ortho nitro benzene ring substituents is 1. The van der Waals surface area contributed by atoms with Crippen molar-refractivity contribution in [1.82, 2.24) is 14.6 Å². The van der Waals surface area contributed by atoms with Crippen LogP contribution >= 0.6 is 11.3 Å². The first-order chi connectivity index (χ1) is 12.5. The Labute approximate surface area is 151 Å². The third-order valence-electron chi connectivity index (χ3n) is 3.84. The third-order valence-corrected chi connectivity index (χ3v) is 4.80. The molecule has 0 aliphatic heterocycles. The summed E-state index contributed by atoms with van der Waals surface area (Å²) in [6.07, 6.45) is 1.61. The van der Waals surface area contributed by atoms with Crippen LogP contribution < -0.4 is 10.1 Å². The van der Waals surface area contributed by atoms with Gasteiger partial charge in [0.05, 0.1) is 9.46 Å². The molecule has 0 saturated heterocycles. The molecule has 0 bridgehead atoms. The van der Waals surface area contributed by atoms with E-state index in [1.165, 1.54) is 28.0 Å². The van der Waals surface area contributed by atoms with Gasteiger partial charge in [0, 0.05) is 17.7 Å². The van der Waals surface area contributed by atoms with Crippen LogP contribution in [0.2, 0.25) is 0 Å². The Kier molecular flexibility index (Phi) is 3.81. The molecule has 0 spiro atoms. The summed E-state index contributed by atoms with van der Waals surface area (Å²) in [6.45, 7) is 1.98. The number of hydrogen-bond acceptors (Lipinski definition) is 6. The smallest absolute Gasteiger partial charge is 0.266 e. The van der Waals surface area contributed by atoms with Crippen LogP contribution in [0.15, 0.2) is 53.3 Å². The van der Waals surface area contributed by atoms with Crippen molar-refractivity contribution >= 4 is 28.1 Å². The number of nitro benzene ring substituents is 1. The van der Waals surface area contributed by atoms with E-state index in [0.717, 1.165) is 11.1 Å². The molecule has 2 heterocycles. The maximum Gasteiger partial charge on any atom is 0.291 e. The Morgan fingerprint density at radius 1 is 1.19 bits per heavy atom. The lowest BCUT2D eigenvalue weighted by Crippen LogP contribution is -2.23. The number of aryl methyl sites for hydroxylation is 1. The number of rotatable bonds is 3. The molecule has 0 N–H and O–H groups in total. The SMILES string of the molecule is Cc1cccc(-c2nc3sc(=Cc4cccc([N+](=O)[O-])c4)c(=O)n3n2)c1. The van der Waals surface area contributed by atoms with Crippen LogP contribution in [0.3, 0.4) is 0 Å². The molecule has 0 saturated carbocycles. The molecule has 2 aromatic heterocycles. The molecule has 0 fully saturated rings. The molecule has 2 aromatic carbocycles.